The van der Waals surface area contributed by atoms with Gasteiger partial charge in [-0.1, -0.05) is 32.4 Å². The van der Waals surface area contributed by atoms with E-state index in [-0.39, 0.29) is 11.8 Å². The molecule has 2 heterocycles. The van der Waals surface area contributed by atoms with Crippen LogP contribution >= 0.6 is 11.6 Å². The molecule has 0 amide bonds. The quantitative estimate of drug-likeness (QED) is 0.909. The molecule has 0 fully saturated rings. The number of pyridine rings is 1. The smallest absolute Gasteiger partial charge is 0.309 e. The largest absolute Gasteiger partial charge is 0.481 e. The highest BCUT2D eigenvalue weighted by atomic mass is 35.5. The Morgan fingerprint density at radius 1 is 1.44 bits per heavy atom. The summed E-state index contributed by atoms with van der Waals surface area (Å²) in [5.74, 6) is -0.873. The summed E-state index contributed by atoms with van der Waals surface area (Å²) < 4.78 is 1.76. The minimum atomic E-state index is -0.873. The number of hydrogen-bond donors (Lipinski definition) is 1. The fourth-order valence-corrected chi connectivity index (χ4v) is 2.14. The predicted octanol–water partition coefficient (Wildman–Crippen LogP) is 2.91. The lowest BCUT2D eigenvalue weighted by molar-refractivity contribution is -0.136. The Morgan fingerprint density at radius 3 is 2.67 bits per heavy atom. The van der Waals surface area contributed by atoms with Gasteiger partial charge in [-0.15, -0.1) is 0 Å². The standard InChI is InChI=1S/C13H15ClN2O2/c1-13(2,3)12-9(6-11(17)18)16-7-8(14)4-5-10(16)15-12/h4-5,7H,6H2,1-3H3,(H,17,18). The number of carboxylic acid groups (broad SMARTS) is 1. The van der Waals surface area contributed by atoms with Crippen molar-refractivity contribution in [3.05, 3.63) is 34.7 Å². The van der Waals surface area contributed by atoms with E-state index in [1.54, 1.807) is 22.7 Å². The molecule has 5 heteroatoms. The van der Waals surface area contributed by atoms with Gasteiger partial charge in [0.2, 0.25) is 0 Å². The van der Waals surface area contributed by atoms with Crippen LogP contribution < -0.4 is 0 Å². The second kappa shape index (κ2) is 4.28. The van der Waals surface area contributed by atoms with E-state index in [9.17, 15) is 4.79 Å². The maximum Gasteiger partial charge on any atom is 0.309 e. The van der Waals surface area contributed by atoms with Gasteiger partial charge in [-0.05, 0) is 12.1 Å². The van der Waals surface area contributed by atoms with E-state index in [0.717, 1.165) is 11.3 Å². The summed E-state index contributed by atoms with van der Waals surface area (Å²) in [6.45, 7) is 6.05. The van der Waals surface area contributed by atoms with Crippen molar-refractivity contribution in [2.45, 2.75) is 32.6 Å². The van der Waals surface area contributed by atoms with Crippen LogP contribution in [0.4, 0.5) is 0 Å². The average Bonchev–Trinajstić information content (AvgIpc) is 2.56. The average molecular weight is 267 g/mol. The molecule has 18 heavy (non-hydrogen) atoms. The van der Waals surface area contributed by atoms with E-state index in [1.807, 2.05) is 20.8 Å². The summed E-state index contributed by atoms with van der Waals surface area (Å²) in [5, 5.41) is 9.59. The zero-order valence-electron chi connectivity index (χ0n) is 10.6. The Kier molecular flexibility index (Phi) is 3.07. The lowest BCUT2D eigenvalue weighted by Gasteiger charge is -2.17. The predicted molar refractivity (Wildman–Crippen MR) is 70.2 cm³/mol. The molecule has 0 atom stereocenters. The molecule has 0 saturated heterocycles. The van der Waals surface area contributed by atoms with Crippen LogP contribution in [-0.2, 0) is 16.6 Å². The molecule has 2 rings (SSSR count). The summed E-state index contributed by atoms with van der Waals surface area (Å²) >= 11 is 5.95. The maximum absolute atomic E-state index is 11.0. The molecular weight excluding hydrogens is 252 g/mol. The Hall–Kier alpha value is -1.55. The molecule has 0 aliphatic carbocycles. The monoisotopic (exact) mass is 266 g/mol. The van der Waals surface area contributed by atoms with Gasteiger partial charge in [0.25, 0.3) is 0 Å². The number of aliphatic carboxylic acids is 1. The highest BCUT2D eigenvalue weighted by molar-refractivity contribution is 6.30. The normalized spacial score (nSPS) is 12.0. The van der Waals surface area contributed by atoms with Gasteiger partial charge >= 0.3 is 5.97 Å². The van der Waals surface area contributed by atoms with Crippen molar-refractivity contribution in [3.63, 3.8) is 0 Å². The number of imidazole rings is 1. The second-order valence-corrected chi connectivity index (χ2v) is 5.74. The van der Waals surface area contributed by atoms with E-state index < -0.39 is 5.97 Å². The van der Waals surface area contributed by atoms with Gasteiger partial charge in [0, 0.05) is 11.6 Å². The van der Waals surface area contributed by atoms with E-state index in [2.05, 4.69) is 4.98 Å². The van der Waals surface area contributed by atoms with Crippen LogP contribution in [0.2, 0.25) is 5.02 Å². The molecule has 96 valence electrons. The van der Waals surface area contributed by atoms with E-state index in [4.69, 9.17) is 16.7 Å². The third-order valence-corrected chi connectivity index (χ3v) is 2.93. The molecule has 0 aliphatic heterocycles. The maximum atomic E-state index is 11.0. The van der Waals surface area contributed by atoms with Gasteiger partial charge in [0.05, 0.1) is 22.8 Å². The van der Waals surface area contributed by atoms with Gasteiger partial charge in [0.1, 0.15) is 5.65 Å². The van der Waals surface area contributed by atoms with Crippen molar-refractivity contribution >= 4 is 23.2 Å². The van der Waals surface area contributed by atoms with Crippen LogP contribution in [-0.4, -0.2) is 20.5 Å². The van der Waals surface area contributed by atoms with Gasteiger partial charge in [0.15, 0.2) is 0 Å². The molecule has 1 N–H and O–H groups in total. The van der Waals surface area contributed by atoms with Crippen LogP contribution in [0.5, 0.6) is 0 Å². The van der Waals surface area contributed by atoms with E-state index >= 15 is 0 Å². The molecule has 0 bridgehead atoms. The first-order chi connectivity index (χ1) is 8.29. The van der Waals surface area contributed by atoms with E-state index in [0.29, 0.717) is 10.7 Å². The lowest BCUT2D eigenvalue weighted by atomic mass is 9.90. The first-order valence-corrected chi connectivity index (χ1v) is 6.05. The summed E-state index contributed by atoms with van der Waals surface area (Å²) in [4.78, 5) is 15.5. The van der Waals surface area contributed by atoms with Crippen molar-refractivity contribution < 1.29 is 9.90 Å². The molecule has 0 aliphatic rings. The molecule has 4 nitrogen and oxygen atoms in total. The zero-order valence-corrected chi connectivity index (χ0v) is 11.3. The van der Waals surface area contributed by atoms with Crippen molar-refractivity contribution in [1.82, 2.24) is 9.38 Å². The van der Waals surface area contributed by atoms with Crippen LogP contribution in [0.25, 0.3) is 5.65 Å². The third-order valence-electron chi connectivity index (χ3n) is 2.71. The van der Waals surface area contributed by atoms with Gasteiger partial charge < -0.3 is 9.51 Å². The molecule has 0 radical (unpaired) electrons. The Bertz CT molecular complexity index is 611. The van der Waals surface area contributed by atoms with Crippen LogP contribution in [0.15, 0.2) is 18.3 Å². The Morgan fingerprint density at radius 2 is 2.11 bits per heavy atom. The summed E-state index contributed by atoms with van der Waals surface area (Å²) in [6, 6.07) is 3.55. The van der Waals surface area contributed by atoms with Gasteiger partial charge in [-0.2, -0.15) is 0 Å². The number of halogens is 1. The van der Waals surface area contributed by atoms with Gasteiger partial charge in [-0.25, -0.2) is 4.98 Å². The fraction of sp³-hybridized carbons (Fsp3) is 0.385. The van der Waals surface area contributed by atoms with Crippen LogP contribution in [0, 0.1) is 0 Å². The Labute approximate surface area is 110 Å². The highest BCUT2D eigenvalue weighted by Gasteiger charge is 2.25. The first-order valence-electron chi connectivity index (χ1n) is 5.68. The number of nitrogens with zero attached hydrogens (tertiary/aromatic N) is 2. The summed E-state index contributed by atoms with van der Waals surface area (Å²) in [7, 11) is 0. The number of rotatable bonds is 2. The number of fused-ring (bicyclic) bond motifs is 1. The summed E-state index contributed by atoms with van der Waals surface area (Å²) in [5.41, 5.74) is 2.00. The van der Waals surface area contributed by atoms with Gasteiger partial charge in [-0.3, -0.25) is 4.79 Å². The number of hydrogen-bond acceptors (Lipinski definition) is 2. The van der Waals surface area contributed by atoms with Crippen molar-refractivity contribution in [2.75, 3.05) is 0 Å². The number of aromatic nitrogens is 2. The molecule has 0 saturated carbocycles. The van der Waals surface area contributed by atoms with Crippen LogP contribution in [0.1, 0.15) is 32.2 Å². The topological polar surface area (TPSA) is 54.6 Å². The van der Waals surface area contributed by atoms with Crippen molar-refractivity contribution in [3.8, 4) is 0 Å². The molecular formula is C13H15ClN2O2. The molecule has 2 aromatic rings. The van der Waals surface area contributed by atoms with Crippen molar-refractivity contribution in [2.24, 2.45) is 0 Å². The van der Waals surface area contributed by atoms with E-state index in [1.165, 1.54) is 0 Å². The third kappa shape index (κ3) is 2.34. The SMILES string of the molecule is CC(C)(C)c1nc2ccc(Cl)cn2c1CC(=O)O. The molecule has 0 aromatic carbocycles. The molecule has 2 aromatic heterocycles. The first kappa shape index (κ1) is 12.9. The minimum absolute atomic E-state index is 0.0614. The van der Waals surface area contributed by atoms with Crippen LogP contribution in [0.3, 0.4) is 0 Å². The highest BCUT2D eigenvalue weighted by Crippen LogP contribution is 2.27. The fourth-order valence-electron chi connectivity index (χ4n) is 1.98. The minimum Gasteiger partial charge on any atom is -0.481 e. The second-order valence-electron chi connectivity index (χ2n) is 5.30. The van der Waals surface area contributed by atoms with Crippen molar-refractivity contribution in [1.29, 1.82) is 0 Å². The molecule has 0 unspecified atom stereocenters. The zero-order chi connectivity index (χ0) is 13.5. The number of carbonyl (C=O) groups is 1. The Balaban J connectivity index is 2.73. The summed E-state index contributed by atoms with van der Waals surface area (Å²) in [6.07, 6.45) is 1.64. The molecule has 0 spiro atoms. The number of carboxylic acids is 1. The lowest BCUT2D eigenvalue weighted by Crippen LogP contribution is -2.17.